The van der Waals surface area contributed by atoms with Crippen LogP contribution >= 0.6 is 12.1 Å². The van der Waals surface area contributed by atoms with Crippen LogP contribution in [-0.4, -0.2) is 103 Å². The molecule has 2 fully saturated rings. The fraction of sp³-hybridized carbons (Fsp3) is 0.545. The zero-order chi connectivity index (χ0) is 32.7. The molecule has 254 valence electrons. The number of benzene rings is 1. The Morgan fingerprint density at radius 1 is 0.872 bits per heavy atom. The summed E-state index contributed by atoms with van der Waals surface area (Å²) < 4.78 is 24.3. The molecule has 1 aliphatic heterocycles. The van der Waals surface area contributed by atoms with Gasteiger partial charge in [-0.2, -0.15) is 4.98 Å². The second-order valence-electron chi connectivity index (χ2n) is 11.6. The van der Waals surface area contributed by atoms with Gasteiger partial charge in [0.25, 0.3) is 5.56 Å². The maximum absolute atomic E-state index is 12.7. The number of hydrogen-bond donors (Lipinski definition) is 3. The lowest BCUT2D eigenvalue weighted by atomic mass is 10.1. The third-order valence-electron chi connectivity index (χ3n) is 8.38. The summed E-state index contributed by atoms with van der Waals surface area (Å²) in [6, 6.07) is 9.07. The van der Waals surface area contributed by atoms with Crippen LogP contribution < -0.4 is 20.9 Å². The van der Waals surface area contributed by atoms with Gasteiger partial charge in [0.15, 0.2) is 12.6 Å². The third kappa shape index (κ3) is 10.3. The van der Waals surface area contributed by atoms with Crippen LogP contribution in [0, 0.1) is 0 Å². The van der Waals surface area contributed by atoms with E-state index in [1.165, 1.54) is 0 Å². The van der Waals surface area contributed by atoms with E-state index in [-0.39, 0.29) is 17.6 Å². The number of ether oxygens (including phenoxy) is 3. The van der Waals surface area contributed by atoms with E-state index in [2.05, 4.69) is 24.6 Å². The Morgan fingerprint density at radius 2 is 1.60 bits per heavy atom. The molecule has 13 nitrogen and oxygen atoms in total. The monoisotopic (exact) mass is 667 g/mol. The molecule has 1 aliphatic carbocycles. The third-order valence-corrected chi connectivity index (χ3v) is 9.33. The van der Waals surface area contributed by atoms with Crippen molar-refractivity contribution >= 4 is 47.4 Å². The lowest BCUT2D eigenvalue weighted by Crippen LogP contribution is -2.37. The molecule has 3 heterocycles. The van der Waals surface area contributed by atoms with Crippen LogP contribution in [-0.2, 0) is 14.2 Å². The van der Waals surface area contributed by atoms with Crippen molar-refractivity contribution in [2.75, 3.05) is 76.5 Å². The van der Waals surface area contributed by atoms with E-state index in [1.54, 1.807) is 36.4 Å². The molecule has 3 N–H and O–H groups in total. The van der Waals surface area contributed by atoms with E-state index in [0.29, 0.717) is 81.5 Å². The number of hydrogen-bond acceptors (Lipinski definition) is 13. The van der Waals surface area contributed by atoms with Crippen molar-refractivity contribution in [3.8, 4) is 0 Å². The molecule has 1 saturated heterocycles. The minimum Gasteiger partial charge on any atom is -0.382 e. The Labute approximate surface area is 279 Å². The van der Waals surface area contributed by atoms with Gasteiger partial charge in [-0.3, -0.25) is 19.0 Å². The molecule has 14 heteroatoms. The van der Waals surface area contributed by atoms with Crippen LogP contribution in [0.1, 0.15) is 65.3 Å². The number of nitrogens with zero attached hydrogens (tertiary/aromatic N) is 4. The van der Waals surface area contributed by atoms with Crippen LogP contribution in [0.4, 0.5) is 11.6 Å². The molecule has 47 heavy (non-hydrogen) atoms. The predicted molar refractivity (Wildman–Crippen MR) is 183 cm³/mol. The number of aromatic nitrogens is 3. The van der Waals surface area contributed by atoms with Crippen LogP contribution in [0.5, 0.6) is 0 Å². The number of anilines is 2. The van der Waals surface area contributed by atoms with Crippen molar-refractivity contribution < 1.29 is 23.8 Å². The lowest BCUT2D eigenvalue weighted by Gasteiger charge is -2.31. The second-order valence-corrected chi connectivity index (χ2v) is 12.6. The van der Waals surface area contributed by atoms with Gasteiger partial charge in [0.1, 0.15) is 5.65 Å². The molecule has 0 unspecified atom stereocenters. The largest absolute Gasteiger partial charge is 0.382 e. The molecule has 1 saturated carbocycles. The van der Waals surface area contributed by atoms with Gasteiger partial charge in [-0.1, -0.05) is 25.0 Å². The van der Waals surface area contributed by atoms with Crippen molar-refractivity contribution in [2.24, 2.45) is 0 Å². The second kappa shape index (κ2) is 18.8. The number of piperidine rings is 1. The minimum atomic E-state index is 0.0194. The number of fused-ring (bicyclic) bond motifs is 1. The van der Waals surface area contributed by atoms with Gasteiger partial charge in [0.2, 0.25) is 5.95 Å². The van der Waals surface area contributed by atoms with Crippen LogP contribution in [0.2, 0.25) is 0 Å². The van der Waals surface area contributed by atoms with Crippen molar-refractivity contribution in [1.29, 1.82) is 0 Å². The highest BCUT2D eigenvalue weighted by Gasteiger charge is 2.23. The van der Waals surface area contributed by atoms with Gasteiger partial charge in [-0.15, -0.1) is 0 Å². The summed E-state index contributed by atoms with van der Waals surface area (Å²) in [5.41, 5.74) is 2.09. The smallest absolute Gasteiger partial charge is 0.252 e. The Morgan fingerprint density at radius 3 is 2.32 bits per heavy atom. The van der Waals surface area contributed by atoms with Crippen LogP contribution in [0.15, 0.2) is 41.3 Å². The number of pyridine rings is 1. The highest BCUT2D eigenvalue weighted by molar-refractivity contribution is 7.95. The first-order chi connectivity index (χ1) is 23.2. The Kier molecular flexibility index (Phi) is 14.0. The average molecular weight is 668 g/mol. The molecular weight excluding hydrogens is 622 g/mol. The number of carbonyl (C=O) groups excluding carboxylic acids is 2. The SMILES string of the molecule is O=Cc1cccc(NCCOCCOCCOCCNSN2CCC(Nc3ncc4ccc(=O)n(C5CCCC5)c4n3)CC2)c1C=O. The molecule has 2 aliphatic rings. The number of nitrogens with one attached hydrogen (secondary N) is 3. The van der Waals surface area contributed by atoms with Gasteiger partial charge in [0, 0.05) is 84.9 Å². The maximum atomic E-state index is 12.7. The summed E-state index contributed by atoms with van der Waals surface area (Å²) in [4.78, 5) is 44.3. The van der Waals surface area contributed by atoms with Crippen LogP contribution in [0.3, 0.4) is 0 Å². The van der Waals surface area contributed by atoms with E-state index < -0.39 is 0 Å². The lowest BCUT2D eigenvalue weighted by molar-refractivity contribution is 0.0176. The summed E-state index contributed by atoms with van der Waals surface area (Å²) in [6.45, 7) is 6.10. The predicted octanol–water partition coefficient (Wildman–Crippen LogP) is 3.72. The zero-order valence-corrected chi connectivity index (χ0v) is 27.6. The summed E-state index contributed by atoms with van der Waals surface area (Å²) in [5.74, 6) is 0.592. The van der Waals surface area contributed by atoms with E-state index in [0.717, 1.165) is 69.2 Å². The summed E-state index contributed by atoms with van der Waals surface area (Å²) in [6.07, 6.45) is 9.50. The normalized spacial score (nSPS) is 16.1. The Bertz CT molecular complexity index is 1490. The van der Waals surface area contributed by atoms with Crippen molar-refractivity contribution in [3.63, 3.8) is 0 Å². The number of aldehydes is 2. The fourth-order valence-electron chi connectivity index (χ4n) is 5.92. The summed E-state index contributed by atoms with van der Waals surface area (Å²) in [7, 11) is 0. The molecule has 0 atom stereocenters. The van der Waals surface area contributed by atoms with E-state index in [4.69, 9.17) is 19.2 Å². The van der Waals surface area contributed by atoms with Crippen molar-refractivity contribution in [1.82, 2.24) is 23.6 Å². The summed E-state index contributed by atoms with van der Waals surface area (Å²) >= 11 is 1.63. The van der Waals surface area contributed by atoms with Gasteiger partial charge in [-0.05, 0) is 37.8 Å². The summed E-state index contributed by atoms with van der Waals surface area (Å²) in [5, 5.41) is 7.53. The first-order valence-electron chi connectivity index (χ1n) is 16.5. The average Bonchev–Trinajstić information content (AvgIpc) is 3.63. The molecule has 3 aromatic rings. The molecule has 1 aromatic carbocycles. The zero-order valence-electron chi connectivity index (χ0n) is 26.7. The van der Waals surface area contributed by atoms with Gasteiger partial charge >= 0.3 is 0 Å². The molecule has 0 bridgehead atoms. The fourth-order valence-corrected chi connectivity index (χ4v) is 6.67. The highest BCUT2D eigenvalue weighted by atomic mass is 32.2. The quantitative estimate of drug-likeness (QED) is 0.0914. The number of rotatable bonds is 20. The van der Waals surface area contributed by atoms with Crippen LogP contribution in [0.25, 0.3) is 11.0 Å². The molecule has 5 rings (SSSR count). The standard InChI is InChI=1S/C33H45N7O6S/c41-23-26-4-3-7-30(29(26)24-42)34-12-16-44-18-20-46-21-19-45-17-13-36-47-39-14-10-27(11-15-39)37-33-35-22-25-8-9-31(43)40(32(25)38-33)28-5-1-2-6-28/h3-4,7-9,22-24,27-28,34,36H,1-2,5-6,10-21H2,(H,35,37,38). The first-order valence-corrected chi connectivity index (χ1v) is 17.2. The van der Waals surface area contributed by atoms with E-state index in [9.17, 15) is 14.4 Å². The number of carbonyl (C=O) groups is 2. The van der Waals surface area contributed by atoms with E-state index >= 15 is 0 Å². The van der Waals surface area contributed by atoms with Gasteiger partial charge < -0.3 is 24.8 Å². The maximum Gasteiger partial charge on any atom is 0.252 e. The molecule has 0 amide bonds. The Hall–Kier alpha value is -3.40. The molecule has 0 spiro atoms. The first kappa shape index (κ1) is 34.9. The molecule has 0 radical (unpaired) electrons. The molecular formula is C33H45N7O6S. The topological polar surface area (TPSA) is 149 Å². The Balaban J connectivity index is 0.865. The molecule has 2 aromatic heterocycles. The van der Waals surface area contributed by atoms with E-state index in [1.807, 2.05) is 16.8 Å². The van der Waals surface area contributed by atoms with Crippen molar-refractivity contribution in [3.05, 3.63) is 58.0 Å². The minimum absolute atomic E-state index is 0.0194. The van der Waals surface area contributed by atoms with Gasteiger partial charge in [-0.25, -0.2) is 14.0 Å². The van der Waals surface area contributed by atoms with Crippen molar-refractivity contribution in [2.45, 2.75) is 50.6 Å². The highest BCUT2D eigenvalue weighted by Crippen LogP contribution is 2.30. The van der Waals surface area contributed by atoms with Gasteiger partial charge in [0.05, 0.1) is 39.6 Å².